The molecule has 4 heteroatoms. The first-order chi connectivity index (χ1) is 0. The summed E-state index contributed by atoms with van der Waals surface area (Å²) >= 11 is 0. The number of halogens is 3. The Labute approximate surface area is 33.9 Å². The maximum absolute atomic E-state index is 0. The van der Waals surface area contributed by atoms with Gasteiger partial charge < -0.3 is 0 Å². The average molecular weight is 68.0 g/mol. The van der Waals surface area contributed by atoms with Crippen molar-refractivity contribution in [2.45, 2.75) is 0 Å². The molecule has 0 radical (unpaired) electrons. The van der Waals surface area contributed by atoms with Crippen molar-refractivity contribution in [1.29, 1.82) is 0 Å². The van der Waals surface area contributed by atoms with E-state index in [2.05, 4.69) is 0 Å². The number of hydrogen-bond acceptors (Lipinski definition) is 0. The fourth-order valence-corrected chi connectivity index (χ4v) is 0. The van der Waals surface area contributed by atoms with Crippen LogP contribution >= 0.6 is 0 Å². The molecule has 0 saturated heterocycles. The zero-order chi connectivity index (χ0) is 0. The van der Waals surface area contributed by atoms with Gasteiger partial charge in [-0.25, -0.2) is 0 Å². The van der Waals surface area contributed by atoms with Crippen LogP contribution in [-0.4, -0.2) is 18.9 Å². The summed E-state index contributed by atoms with van der Waals surface area (Å²) in [5.74, 6) is 0. The molecule has 0 nitrogen and oxygen atoms in total. The Morgan fingerprint density at radius 3 is 0.500 bits per heavy atom. The van der Waals surface area contributed by atoms with Crippen LogP contribution in [0, 0.1) is 0 Å². The molecular weight excluding hydrogens is 63.9 g/mol. The Kier molecular flexibility index (Phi) is 10800. The second-order valence-corrected chi connectivity index (χ2v) is 0. The standard InChI is InChI=1S/3FH.Li.H/h3*1H;;. The van der Waals surface area contributed by atoms with E-state index in [1.165, 1.54) is 0 Å². The summed E-state index contributed by atoms with van der Waals surface area (Å²) in [6, 6.07) is 0. The van der Waals surface area contributed by atoms with Gasteiger partial charge in [0.1, 0.15) is 0 Å². The van der Waals surface area contributed by atoms with E-state index in [0.29, 0.717) is 0 Å². The molecule has 0 heterocycles. The summed E-state index contributed by atoms with van der Waals surface area (Å²) in [4.78, 5) is 0. The zero-order valence-corrected chi connectivity index (χ0v) is 1.22. The third kappa shape index (κ3) is 30.6. The predicted molar refractivity (Wildman–Crippen MR) is 14.7 cm³/mol. The van der Waals surface area contributed by atoms with Crippen LogP contribution < -0.4 is 0 Å². The van der Waals surface area contributed by atoms with Gasteiger partial charge in [-0.3, -0.25) is 14.1 Å². The quantitative estimate of drug-likeness (QED) is 0.345. The fraction of sp³-hybridized carbons (Fsp3) is 0. The molecule has 0 aliphatic rings. The van der Waals surface area contributed by atoms with Crippen molar-refractivity contribution in [1.82, 2.24) is 0 Å². The maximum atomic E-state index is 0. The molecule has 0 spiro atoms. The molecule has 0 aromatic rings. The first-order valence-corrected chi connectivity index (χ1v) is 0. The molecule has 0 bridgehead atoms. The summed E-state index contributed by atoms with van der Waals surface area (Å²) in [5.41, 5.74) is 0. The van der Waals surface area contributed by atoms with Gasteiger partial charge >= 0.3 is 18.9 Å². The molecule has 0 aliphatic carbocycles. The van der Waals surface area contributed by atoms with E-state index in [0.717, 1.165) is 0 Å². The van der Waals surface area contributed by atoms with Gasteiger partial charge in [0.2, 0.25) is 0 Å². The van der Waals surface area contributed by atoms with Gasteiger partial charge in [-0.15, -0.1) is 0 Å². The molecule has 4 heavy (non-hydrogen) atoms. The van der Waals surface area contributed by atoms with Gasteiger partial charge in [-0.2, -0.15) is 0 Å². The first-order valence-electron chi connectivity index (χ1n) is 0. The van der Waals surface area contributed by atoms with Crippen LogP contribution in [-0.2, 0) is 0 Å². The van der Waals surface area contributed by atoms with Crippen molar-refractivity contribution in [3.05, 3.63) is 0 Å². The number of rotatable bonds is 0. The summed E-state index contributed by atoms with van der Waals surface area (Å²) in [6.45, 7) is 0. The Balaban J connectivity index is 0. The molecule has 0 aromatic heterocycles. The molecule has 0 aliphatic heterocycles. The van der Waals surface area contributed by atoms with Crippen molar-refractivity contribution < 1.29 is 14.1 Å². The molecule has 0 unspecified atom stereocenters. The van der Waals surface area contributed by atoms with Crippen molar-refractivity contribution in [3.63, 3.8) is 0 Å². The Hall–Kier alpha value is 0.387. The predicted octanol–water partition coefficient (Wildman–Crippen LogP) is -0.191. The summed E-state index contributed by atoms with van der Waals surface area (Å²) in [6.07, 6.45) is 0. The van der Waals surface area contributed by atoms with Crippen LogP contribution in [0.2, 0.25) is 0 Å². The van der Waals surface area contributed by atoms with E-state index in [-0.39, 0.29) is 33.0 Å². The van der Waals surface area contributed by atoms with Gasteiger partial charge in [0.15, 0.2) is 0 Å². The van der Waals surface area contributed by atoms with E-state index >= 15 is 0 Å². The second kappa shape index (κ2) is 129. The summed E-state index contributed by atoms with van der Waals surface area (Å²) in [5, 5.41) is 0. The fourth-order valence-electron chi connectivity index (χ4n) is 0. The van der Waals surface area contributed by atoms with E-state index in [4.69, 9.17) is 0 Å². The summed E-state index contributed by atoms with van der Waals surface area (Å²) < 4.78 is 0. The third-order valence-corrected chi connectivity index (χ3v) is 0. The molecular formula is H4F3Li. The molecule has 0 rings (SSSR count). The molecule has 0 amide bonds. The van der Waals surface area contributed by atoms with Gasteiger partial charge in [-0.1, -0.05) is 0 Å². The van der Waals surface area contributed by atoms with E-state index in [1.54, 1.807) is 0 Å². The van der Waals surface area contributed by atoms with Crippen LogP contribution in [0.3, 0.4) is 0 Å². The van der Waals surface area contributed by atoms with Crippen molar-refractivity contribution in [2.75, 3.05) is 0 Å². The topological polar surface area (TPSA) is 0 Å². The van der Waals surface area contributed by atoms with Gasteiger partial charge in [-0.05, 0) is 0 Å². The van der Waals surface area contributed by atoms with Gasteiger partial charge in [0.05, 0.1) is 0 Å². The van der Waals surface area contributed by atoms with Crippen LogP contribution in [0.4, 0.5) is 14.1 Å². The van der Waals surface area contributed by atoms with Crippen molar-refractivity contribution in [3.8, 4) is 0 Å². The van der Waals surface area contributed by atoms with E-state index in [1.807, 2.05) is 0 Å². The Bertz CT molecular complexity index is 3.25. The SMILES string of the molecule is F.F.F.[LiH]. The molecule has 0 aromatic carbocycles. The minimum atomic E-state index is 0. The van der Waals surface area contributed by atoms with Gasteiger partial charge in [0.25, 0.3) is 0 Å². The zero-order valence-electron chi connectivity index (χ0n) is 1.22. The van der Waals surface area contributed by atoms with Crippen LogP contribution in [0.15, 0.2) is 0 Å². The first kappa shape index (κ1) is 335. The monoisotopic (exact) mass is 68.0 g/mol. The summed E-state index contributed by atoms with van der Waals surface area (Å²) in [7, 11) is 0. The Morgan fingerprint density at radius 1 is 0.500 bits per heavy atom. The van der Waals surface area contributed by atoms with Crippen LogP contribution in [0.25, 0.3) is 0 Å². The minimum absolute atomic E-state index is 0. The second-order valence-electron chi connectivity index (χ2n) is 0. The Morgan fingerprint density at radius 2 is 0.500 bits per heavy atom. The van der Waals surface area contributed by atoms with Gasteiger partial charge in [0, 0.05) is 0 Å². The normalized spacial score (nSPS) is 0. The molecule has 0 fully saturated rings. The number of hydrogen-bond donors (Lipinski definition) is 0. The van der Waals surface area contributed by atoms with Crippen LogP contribution in [0.5, 0.6) is 0 Å². The van der Waals surface area contributed by atoms with Crippen molar-refractivity contribution >= 4 is 18.9 Å². The third-order valence-electron chi connectivity index (χ3n) is 0. The van der Waals surface area contributed by atoms with Crippen molar-refractivity contribution in [2.24, 2.45) is 0 Å². The molecule has 26 valence electrons. The van der Waals surface area contributed by atoms with Crippen LogP contribution in [0.1, 0.15) is 0 Å². The molecule has 0 N–H and O–H groups in total. The van der Waals surface area contributed by atoms with E-state index in [9.17, 15) is 0 Å². The average Bonchev–Trinajstić information content (AvgIpc) is 0. The molecule has 0 atom stereocenters. The van der Waals surface area contributed by atoms with E-state index < -0.39 is 0 Å². The molecule has 0 saturated carbocycles.